The van der Waals surface area contributed by atoms with Crippen LogP contribution in [0.3, 0.4) is 0 Å². The van der Waals surface area contributed by atoms with Crippen molar-refractivity contribution in [2.24, 2.45) is 5.16 Å². The van der Waals surface area contributed by atoms with Gasteiger partial charge in [0.2, 0.25) is 0 Å². The van der Waals surface area contributed by atoms with E-state index in [9.17, 15) is 31.5 Å². The van der Waals surface area contributed by atoms with E-state index in [1.165, 1.54) is 6.92 Å². The van der Waals surface area contributed by atoms with E-state index in [2.05, 4.69) is 10.5 Å². The van der Waals surface area contributed by atoms with Crippen molar-refractivity contribution >= 4 is 46.9 Å². The van der Waals surface area contributed by atoms with Gasteiger partial charge in [-0.3, -0.25) is 0 Å². The quantitative estimate of drug-likeness (QED) is 0.280. The maximum atomic E-state index is 14.6. The lowest BCUT2D eigenvalue weighted by Crippen LogP contribution is -2.45. The standard InChI is InChI=1S/C25H24Cl2F5N3O5/c1-5-38-22(37)35(15-6-7-18(28)13(8-15)12-33-21(36)39-23(2,3)4)19-11-24(40-34-19,25(30,31)32)14-9-16(26)20(29)17(27)10-14/h6-10H,5,11-12H2,1-4H3,(H,33,36). The summed E-state index contributed by atoms with van der Waals surface area (Å²) in [6, 6.07) is 4.56. The van der Waals surface area contributed by atoms with E-state index >= 15 is 0 Å². The Morgan fingerprint density at radius 1 is 1.12 bits per heavy atom. The molecule has 0 saturated carbocycles. The molecule has 0 saturated heterocycles. The Hall–Kier alpha value is -3.32. The number of hydrogen-bond donors (Lipinski definition) is 1. The molecule has 1 heterocycles. The number of carbonyl (C=O) groups excluding carboxylic acids is 2. The first-order chi connectivity index (χ1) is 18.5. The molecular weight excluding hydrogens is 588 g/mol. The third-order valence-corrected chi connectivity index (χ3v) is 5.99. The number of amides is 2. The van der Waals surface area contributed by atoms with E-state index < -0.39 is 69.1 Å². The molecule has 3 rings (SSSR count). The number of nitrogens with one attached hydrogen (secondary N) is 1. The fourth-order valence-electron chi connectivity index (χ4n) is 3.66. The normalized spacial score (nSPS) is 17.1. The van der Waals surface area contributed by atoms with Gasteiger partial charge in [0.15, 0.2) is 11.7 Å². The minimum Gasteiger partial charge on any atom is -0.449 e. The zero-order chi connectivity index (χ0) is 30.0. The highest BCUT2D eigenvalue weighted by Crippen LogP contribution is 2.50. The molecule has 8 nitrogen and oxygen atoms in total. The molecule has 1 aliphatic rings. The van der Waals surface area contributed by atoms with Crippen molar-refractivity contribution in [1.82, 2.24) is 5.32 Å². The summed E-state index contributed by atoms with van der Waals surface area (Å²) in [4.78, 5) is 30.5. The Morgan fingerprint density at radius 2 is 1.75 bits per heavy atom. The van der Waals surface area contributed by atoms with Gasteiger partial charge in [0, 0.05) is 17.7 Å². The van der Waals surface area contributed by atoms with Gasteiger partial charge in [-0.2, -0.15) is 13.2 Å². The van der Waals surface area contributed by atoms with Crippen LogP contribution in [-0.4, -0.2) is 36.4 Å². The molecule has 2 aromatic carbocycles. The van der Waals surface area contributed by atoms with Crippen molar-refractivity contribution in [3.8, 4) is 0 Å². The molecule has 40 heavy (non-hydrogen) atoms. The highest BCUT2D eigenvalue weighted by molar-refractivity contribution is 6.35. The van der Waals surface area contributed by atoms with E-state index in [1.807, 2.05) is 0 Å². The van der Waals surface area contributed by atoms with Crippen molar-refractivity contribution in [3.05, 3.63) is 63.1 Å². The SMILES string of the molecule is CCOC(=O)N(C1=NOC(c2cc(Cl)c(F)c(Cl)c2)(C(F)(F)F)C1)c1ccc(F)c(CNC(=O)OC(C)(C)C)c1. The number of rotatable bonds is 5. The number of carbonyl (C=O) groups is 2. The van der Waals surface area contributed by atoms with E-state index in [0.29, 0.717) is 17.0 Å². The fraction of sp³-hybridized carbons (Fsp3) is 0.400. The number of benzene rings is 2. The Morgan fingerprint density at radius 3 is 2.30 bits per heavy atom. The first kappa shape index (κ1) is 31.2. The summed E-state index contributed by atoms with van der Waals surface area (Å²) in [5, 5.41) is 4.50. The molecule has 1 aliphatic heterocycles. The first-order valence-electron chi connectivity index (χ1n) is 11.7. The number of alkyl halides is 3. The van der Waals surface area contributed by atoms with Gasteiger partial charge in [0.05, 0.1) is 28.8 Å². The Labute approximate surface area is 235 Å². The highest BCUT2D eigenvalue weighted by atomic mass is 35.5. The molecule has 0 bridgehead atoms. The van der Waals surface area contributed by atoms with Crippen LogP contribution in [0.25, 0.3) is 0 Å². The summed E-state index contributed by atoms with van der Waals surface area (Å²) in [7, 11) is 0. The lowest BCUT2D eigenvalue weighted by molar-refractivity contribution is -0.275. The summed E-state index contributed by atoms with van der Waals surface area (Å²) in [6.07, 6.45) is -8.22. The Kier molecular flexibility index (Phi) is 9.09. The van der Waals surface area contributed by atoms with Crippen LogP contribution in [-0.2, 0) is 26.5 Å². The lowest BCUT2D eigenvalue weighted by atomic mass is 9.89. The van der Waals surface area contributed by atoms with Gasteiger partial charge >= 0.3 is 18.4 Å². The second kappa shape index (κ2) is 11.7. The average molecular weight is 612 g/mol. The number of hydrogen-bond acceptors (Lipinski definition) is 6. The second-order valence-electron chi connectivity index (χ2n) is 9.52. The van der Waals surface area contributed by atoms with Crippen LogP contribution < -0.4 is 10.2 Å². The smallest absolute Gasteiger partial charge is 0.435 e. The molecule has 1 atom stereocenters. The largest absolute Gasteiger partial charge is 0.449 e. The third kappa shape index (κ3) is 6.69. The monoisotopic (exact) mass is 611 g/mol. The van der Waals surface area contributed by atoms with E-state index in [0.717, 1.165) is 18.2 Å². The molecular formula is C25H24Cl2F5N3O5. The first-order valence-corrected chi connectivity index (χ1v) is 12.4. The number of amidine groups is 1. The molecule has 1 N–H and O–H groups in total. The molecule has 0 radical (unpaired) electrons. The number of alkyl carbamates (subject to hydrolysis) is 1. The van der Waals surface area contributed by atoms with E-state index in [-0.39, 0.29) is 24.4 Å². The predicted molar refractivity (Wildman–Crippen MR) is 136 cm³/mol. The van der Waals surface area contributed by atoms with Crippen molar-refractivity contribution in [2.75, 3.05) is 11.5 Å². The molecule has 2 amide bonds. The molecule has 0 aliphatic carbocycles. The molecule has 0 spiro atoms. The van der Waals surface area contributed by atoms with Crippen molar-refractivity contribution in [3.63, 3.8) is 0 Å². The van der Waals surface area contributed by atoms with Gasteiger partial charge in [-0.1, -0.05) is 28.4 Å². The third-order valence-electron chi connectivity index (χ3n) is 5.44. The number of nitrogens with zero attached hydrogens (tertiary/aromatic N) is 2. The lowest BCUT2D eigenvalue weighted by Gasteiger charge is -2.30. The molecule has 0 aromatic heterocycles. The molecule has 218 valence electrons. The molecule has 2 aromatic rings. The van der Waals surface area contributed by atoms with Crippen LogP contribution in [0.15, 0.2) is 35.5 Å². The zero-order valence-corrected chi connectivity index (χ0v) is 23.1. The van der Waals surface area contributed by atoms with Gasteiger partial charge in [0.1, 0.15) is 11.4 Å². The van der Waals surface area contributed by atoms with E-state index in [4.69, 9.17) is 37.5 Å². The van der Waals surface area contributed by atoms with Gasteiger partial charge in [-0.05, 0) is 58.0 Å². The van der Waals surface area contributed by atoms with Gasteiger partial charge in [0.25, 0.3) is 5.60 Å². The number of oxime groups is 1. The van der Waals surface area contributed by atoms with Crippen molar-refractivity contribution in [1.29, 1.82) is 0 Å². The van der Waals surface area contributed by atoms with Crippen LogP contribution in [0.4, 0.5) is 37.2 Å². The van der Waals surface area contributed by atoms with Crippen LogP contribution in [0.5, 0.6) is 0 Å². The van der Waals surface area contributed by atoms with Gasteiger partial charge < -0.3 is 19.6 Å². The Bertz CT molecular complexity index is 1310. The fourth-order valence-corrected chi connectivity index (χ4v) is 4.15. The van der Waals surface area contributed by atoms with Crippen LogP contribution >= 0.6 is 23.2 Å². The summed E-state index contributed by atoms with van der Waals surface area (Å²) >= 11 is 11.5. The second-order valence-corrected chi connectivity index (χ2v) is 10.3. The minimum absolute atomic E-state index is 0.128. The van der Waals surface area contributed by atoms with E-state index in [1.54, 1.807) is 20.8 Å². The summed E-state index contributed by atoms with van der Waals surface area (Å²) < 4.78 is 82.0. The zero-order valence-electron chi connectivity index (χ0n) is 21.6. The Balaban J connectivity index is 2.00. The molecule has 0 fully saturated rings. The average Bonchev–Trinajstić information content (AvgIpc) is 3.28. The highest BCUT2D eigenvalue weighted by Gasteiger charge is 2.63. The van der Waals surface area contributed by atoms with Crippen LogP contribution in [0.2, 0.25) is 10.0 Å². The number of anilines is 1. The minimum atomic E-state index is -5.14. The topological polar surface area (TPSA) is 89.5 Å². The summed E-state index contributed by atoms with van der Waals surface area (Å²) in [5.41, 5.74) is -4.96. The summed E-state index contributed by atoms with van der Waals surface area (Å²) in [5.74, 6) is -2.48. The van der Waals surface area contributed by atoms with Crippen molar-refractivity contribution in [2.45, 2.75) is 58.0 Å². The van der Waals surface area contributed by atoms with Gasteiger partial charge in [-0.25, -0.2) is 23.3 Å². The van der Waals surface area contributed by atoms with Gasteiger partial charge in [-0.15, -0.1) is 0 Å². The number of halogens is 7. The summed E-state index contributed by atoms with van der Waals surface area (Å²) in [6.45, 7) is 5.81. The van der Waals surface area contributed by atoms with Crippen LogP contribution in [0.1, 0.15) is 45.2 Å². The van der Waals surface area contributed by atoms with Crippen molar-refractivity contribution < 1.29 is 45.9 Å². The number of ether oxygens (including phenoxy) is 2. The van der Waals surface area contributed by atoms with Crippen LogP contribution in [0, 0.1) is 11.6 Å². The predicted octanol–water partition coefficient (Wildman–Crippen LogP) is 7.45. The molecule has 15 heteroatoms. The maximum Gasteiger partial charge on any atom is 0.435 e. The maximum absolute atomic E-state index is 14.6. The molecule has 1 unspecified atom stereocenters.